The molecular formula is C13H14FN3O3S. The fourth-order valence-electron chi connectivity index (χ4n) is 1.95. The van der Waals surface area contributed by atoms with E-state index in [4.69, 9.17) is 0 Å². The summed E-state index contributed by atoms with van der Waals surface area (Å²) in [7, 11) is -0.966. The molecule has 0 fully saturated rings. The van der Waals surface area contributed by atoms with Crippen molar-refractivity contribution in [1.82, 2.24) is 4.98 Å². The van der Waals surface area contributed by atoms with Crippen molar-refractivity contribution in [3.8, 4) is 0 Å². The van der Waals surface area contributed by atoms with Crippen LogP contribution in [0.25, 0.3) is 10.9 Å². The maximum absolute atomic E-state index is 14.1. The van der Waals surface area contributed by atoms with E-state index < -0.39 is 21.5 Å². The maximum atomic E-state index is 14.1. The highest BCUT2D eigenvalue weighted by Gasteiger charge is 2.19. The maximum Gasteiger partial charge on any atom is 0.281 e. The van der Waals surface area contributed by atoms with Gasteiger partial charge < -0.3 is 5.32 Å². The summed E-state index contributed by atoms with van der Waals surface area (Å²) in [4.78, 5) is 14.4. The first-order valence-electron chi connectivity index (χ1n) is 6.35. The van der Waals surface area contributed by atoms with Crippen LogP contribution < -0.4 is 5.32 Å². The van der Waals surface area contributed by atoms with Crippen LogP contribution >= 0.6 is 0 Å². The fraction of sp³-hybridized carbons (Fsp3) is 0.308. The lowest BCUT2D eigenvalue weighted by Crippen LogP contribution is -2.13. The molecule has 8 heteroatoms. The van der Waals surface area contributed by atoms with Gasteiger partial charge in [-0.3, -0.25) is 19.3 Å². The van der Waals surface area contributed by atoms with Crippen LogP contribution in [0.3, 0.4) is 0 Å². The Balaban J connectivity index is 2.40. The van der Waals surface area contributed by atoms with Gasteiger partial charge in [-0.2, -0.15) is 0 Å². The average molecular weight is 311 g/mol. The largest absolute Gasteiger partial charge is 0.380 e. The molecule has 0 amide bonds. The van der Waals surface area contributed by atoms with Gasteiger partial charge >= 0.3 is 0 Å². The van der Waals surface area contributed by atoms with Crippen LogP contribution in [0.1, 0.15) is 6.92 Å². The van der Waals surface area contributed by atoms with Crippen molar-refractivity contribution < 1.29 is 13.5 Å². The second kappa shape index (κ2) is 6.57. The van der Waals surface area contributed by atoms with E-state index in [1.165, 1.54) is 12.3 Å². The Morgan fingerprint density at radius 3 is 2.95 bits per heavy atom. The number of pyridine rings is 1. The molecule has 0 saturated carbocycles. The number of nitrogens with one attached hydrogen (secondary N) is 1. The van der Waals surface area contributed by atoms with Gasteiger partial charge in [0.2, 0.25) is 0 Å². The standard InChI is InChI=1S/C13H14FN3O3S/c1-2-21(20)7-6-16-13-10(14)8-11(17(18)19)9-4-3-5-15-12(9)13/h3-5,8,16H,2,6-7H2,1H3. The molecule has 0 aliphatic heterocycles. The first-order chi connectivity index (χ1) is 10.0. The van der Waals surface area contributed by atoms with E-state index in [1.54, 1.807) is 13.0 Å². The number of rotatable bonds is 6. The third kappa shape index (κ3) is 3.33. The van der Waals surface area contributed by atoms with Crippen molar-refractivity contribution in [3.63, 3.8) is 0 Å². The molecule has 0 saturated heterocycles. The van der Waals surface area contributed by atoms with E-state index in [0.717, 1.165) is 6.07 Å². The Labute approximate surface area is 123 Å². The van der Waals surface area contributed by atoms with E-state index in [1.807, 2.05) is 0 Å². The molecule has 21 heavy (non-hydrogen) atoms. The van der Waals surface area contributed by atoms with Crippen molar-refractivity contribution in [3.05, 3.63) is 40.3 Å². The molecule has 0 spiro atoms. The number of hydrogen-bond donors (Lipinski definition) is 1. The smallest absolute Gasteiger partial charge is 0.281 e. The molecule has 1 unspecified atom stereocenters. The minimum absolute atomic E-state index is 0.101. The summed E-state index contributed by atoms with van der Waals surface area (Å²) in [6, 6.07) is 3.96. The summed E-state index contributed by atoms with van der Waals surface area (Å²) in [5.74, 6) is 0.167. The molecule has 0 aliphatic rings. The SMILES string of the molecule is CCS(=O)CCNc1c(F)cc([N+](=O)[O-])c2cccnc12. The lowest BCUT2D eigenvalue weighted by Gasteiger charge is -2.10. The minimum Gasteiger partial charge on any atom is -0.380 e. The highest BCUT2D eigenvalue weighted by molar-refractivity contribution is 7.84. The lowest BCUT2D eigenvalue weighted by atomic mass is 10.1. The van der Waals surface area contributed by atoms with Crippen LogP contribution in [0.2, 0.25) is 0 Å². The second-order valence-electron chi connectivity index (χ2n) is 4.27. The van der Waals surface area contributed by atoms with Gasteiger partial charge in [0.1, 0.15) is 5.52 Å². The zero-order valence-corrected chi connectivity index (χ0v) is 12.2. The molecule has 1 atom stereocenters. The molecule has 1 heterocycles. The molecule has 0 aliphatic carbocycles. The van der Waals surface area contributed by atoms with Gasteiger partial charge in [0.25, 0.3) is 5.69 Å². The summed E-state index contributed by atoms with van der Waals surface area (Å²) in [5.41, 5.74) is -0.0194. The normalized spacial score (nSPS) is 12.3. The molecule has 2 rings (SSSR count). The van der Waals surface area contributed by atoms with E-state index in [-0.39, 0.29) is 22.3 Å². The summed E-state index contributed by atoms with van der Waals surface area (Å²) in [6.45, 7) is 2.11. The first-order valence-corrected chi connectivity index (χ1v) is 7.83. The van der Waals surface area contributed by atoms with Crippen LogP contribution in [-0.2, 0) is 10.8 Å². The van der Waals surface area contributed by atoms with Gasteiger partial charge in [0.15, 0.2) is 5.82 Å². The quantitative estimate of drug-likeness (QED) is 0.654. The molecule has 1 aromatic heterocycles. The van der Waals surface area contributed by atoms with E-state index in [2.05, 4.69) is 10.3 Å². The topological polar surface area (TPSA) is 85.1 Å². The van der Waals surface area contributed by atoms with E-state index in [0.29, 0.717) is 18.1 Å². The number of anilines is 1. The number of nitro groups is 1. The van der Waals surface area contributed by atoms with Gasteiger partial charge in [-0.05, 0) is 12.1 Å². The highest BCUT2D eigenvalue weighted by atomic mass is 32.2. The van der Waals surface area contributed by atoms with E-state index >= 15 is 0 Å². The molecule has 2 aromatic rings. The van der Waals surface area contributed by atoms with Crippen LogP contribution in [0, 0.1) is 15.9 Å². The Kier molecular flexibility index (Phi) is 4.79. The number of nitrogens with zero attached hydrogens (tertiary/aromatic N) is 2. The molecule has 0 radical (unpaired) electrons. The highest BCUT2D eigenvalue weighted by Crippen LogP contribution is 2.32. The first kappa shape index (κ1) is 15.3. The van der Waals surface area contributed by atoms with E-state index in [9.17, 15) is 18.7 Å². The summed E-state index contributed by atoms with van der Waals surface area (Å²) < 4.78 is 25.4. The number of benzene rings is 1. The van der Waals surface area contributed by atoms with Crippen molar-refractivity contribution in [1.29, 1.82) is 0 Å². The zero-order valence-electron chi connectivity index (χ0n) is 11.3. The third-order valence-electron chi connectivity index (χ3n) is 2.97. The minimum atomic E-state index is -0.966. The fourth-order valence-corrected chi connectivity index (χ4v) is 2.57. The summed E-state index contributed by atoms with van der Waals surface area (Å²) in [6.07, 6.45) is 1.45. The Hall–Kier alpha value is -2.09. The van der Waals surface area contributed by atoms with Crippen molar-refractivity contribution >= 4 is 33.1 Å². The number of nitro benzene ring substituents is 1. The van der Waals surface area contributed by atoms with Gasteiger partial charge in [0, 0.05) is 35.0 Å². The molecule has 0 bridgehead atoms. The lowest BCUT2D eigenvalue weighted by molar-refractivity contribution is -0.383. The van der Waals surface area contributed by atoms with Gasteiger partial charge in [-0.15, -0.1) is 0 Å². The molecule has 1 aromatic carbocycles. The number of fused-ring (bicyclic) bond motifs is 1. The molecule has 1 N–H and O–H groups in total. The molecule has 6 nitrogen and oxygen atoms in total. The predicted molar refractivity (Wildman–Crippen MR) is 80.4 cm³/mol. The van der Waals surface area contributed by atoms with Crippen LogP contribution in [0.15, 0.2) is 24.4 Å². The Morgan fingerprint density at radius 2 is 2.29 bits per heavy atom. The number of hydrogen-bond acceptors (Lipinski definition) is 5. The average Bonchev–Trinajstić information content (AvgIpc) is 2.48. The van der Waals surface area contributed by atoms with Crippen LogP contribution in [0.4, 0.5) is 15.8 Å². The zero-order chi connectivity index (χ0) is 15.4. The number of non-ortho nitro benzene ring substituents is 1. The molecule has 112 valence electrons. The third-order valence-corrected chi connectivity index (χ3v) is 4.28. The monoisotopic (exact) mass is 311 g/mol. The molecular weight excluding hydrogens is 297 g/mol. The Morgan fingerprint density at radius 1 is 1.52 bits per heavy atom. The van der Waals surface area contributed by atoms with Crippen LogP contribution in [0.5, 0.6) is 0 Å². The summed E-state index contributed by atoms with van der Waals surface area (Å²) >= 11 is 0. The van der Waals surface area contributed by atoms with Gasteiger partial charge in [-0.1, -0.05) is 6.92 Å². The number of halogens is 1. The van der Waals surface area contributed by atoms with Gasteiger partial charge in [-0.25, -0.2) is 4.39 Å². The van der Waals surface area contributed by atoms with Crippen molar-refractivity contribution in [2.45, 2.75) is 6.92 Å². The van der Waals surface area contributed by atoms with Crippen molar-refractivity contribution in [2.24, 2.45) is 0 Å². The number of aromatic nitrogens is 1. The van der Waals surface area contributed by atoms with Crippen molar-refractivity contribution in [2.75, 3.05) is 23.4 Å². The van der Waals surface area contributed by atoms with Gasteiger partial charge in [0.05, 0.1) is 22.1 Å². The summed E-state index contributed by atoms with van der Waals surface area (Å²) in [5, 5.41) is 14.1. The van der Waals surface area contributed by atoms with Crippen LogP contribution in [-0.4, -0.2) is 32.2 Å². The Bertz CT molecular complexity index is 708. The second-order valence-corrected chi connectivity index (χ2v) is 6.13. The predicted octanol–water partition coefficient (Wildman–Crippen LogP) is 2.46.